The smallest absolute Gasteiger partial charge is 0.416 e. The van der Waals surface area contributed by atoms with Crippen molar-refractivity contribution in [3.63, 3.8) is 0 Å². The maximum absolute atomic E-state index is 12.9. The normalized spacial score (nSPS) is 17.1. The number of benzene rings is 1. The van der Waals surface area contributed by atoms with Crippen LogP contribution >= 0.6 is 11.3 Å². The minimum atomic E-state index is -4.39. The molecule has 3 heterocycles. The second kappa shape index (κ2) is 7.31. The molecular weight excluding hydrogens is 387 g/mol. The Balaban J connectivity index is 1.67. The molecule has 0 aliphatic carbocycles. The van der Waals surface area contributed by atoms with Crippen molar-refractivity contribution in [2.75, 3.05) is 6.54 Å². The van der Waals surface area contributed by atoms with Gasteiger partial charge in [-0.1, -0.05) is 12.1 Å². The van der Waals surface area contributed by atoms with Crippen LogP contribution in [-0.2, 0) is 17.4 Å². The Kier molecular flexibility index (Phi) is 4.85. The van der Waals surface area contributed by atoms with E-state index in [9.17, 15) is 18.0 Å². The lowest BCUT2D eigenvalue weighted by molar-refractivity contribution is -0.137. The topological polar surface area (TPSA) is 33.5 Å². The Labute approximate surface area is 163 Å². The van der Waals surface area contributed by atoms with Gasteiger partial charge in [0.15, 0.2) is 0 Å². The standard InChI is InChI=1S/C21H16F3NO2S/c22-21(23,24)16-4-2-15(3-5-16)20-17-9-12-28-18(17)7-10-25(20)19(26)6-1-14-8-11-27-13-14/h1-6,8-9,11-13,20H,7,10H2. The van der Waals surface area contributed by atoms with Crippen molar-refractivity contribution in [2.24, 2.45) is 0 Å². The SMILES string of the molecule is O=C(C=Cc1ccoc1)N1CCc2sccc2C1c1ccc(C(F)(F)F)cc1. The van der Waals surface area contributed by atoms with Gasteiger partial charge in [0.1, 0.15) is 0 Å². The van der Waals surface area contributed by atoms with Gasteiger partial charge in [0, 0.05) is 23.1 Å². The molecule has 2 aromatic heterocycles. The molecule has 0 radical (unpaired) electrons. The summed E-state index contributed by atoms with van der Waals surface area (Å²) >= 11 is 1.61. The first-order valence-corrected chi connectivity index (χ1v) is 9.56. The number of carbonyl (C=O) groups is 1. The van der Waals surface area contributed by atoms with Gasteiger partial charge < -0.3 is 9.32 Å². The van der Waals surface area contributed by atoms with Crippen LogP contribution in [0.3, 0.4) is 0 Å². The first kappa shape index (κ1) is 18.6. The molecule has 0 saturated heterocycles. The first-order valence-electron chi connectivity index (χ1n) is 8.68. The molecule has 1 aromatic carbocycles. The predicted molar refractivity (Wildman–Crippen MR) is 101 cm³/mol. The van der Waals surface area contributed by atoms with Gasteiger partial charge in [0.2, 0.25) is 5.91 Å². The van der Waals surface area contributed by atoms with Gasteiger partial charge in [-0.15, -0.1) is 11.3 Å². The Bertz CT molecular complexity index is 988. The molecule has 28 heavy (non-hydrogen) atoms. The summed E-state index contributed by atoms with van der Waals surface area (Å²) in [6, 6.07) is 8.34. The molecule has 1 atom stereocenters. The van der Waals surface area contributed by atoms with Crippen LogP contribution in [0, 0.1) is 0 Å². The van der Waals surface area contributed by atoms with E-state index in [1.165, 1.54) is 30.7 Å². The number of nitrogens with zero attached hydrogens (tertiary/aromatic N) is 1. The summed E-state index contributed by atoms with van der Waals surface area (Å²) in [5, 5.41) is 1.96. The zero-order chi connectivity index (χ0) is 19.7. The summed E-state index contributed by atoms with van der Waals surface area (Å²) in [5.41, 5.74) is 1.71. The van der Waals surface area contributed by atoms with Crippen molar-refractivity contribution in [1.82, 2.24) is 4.90 Å². The quantitative estimate of drug-likeness (QED) is 0.538. The third kappa shape index (κ3) is 3.62. The highest BCUT2D eigenvalue weighted by molar-refractivity contribution is 7.10. The van der Waals surface area contributed by atoms with Gasteiger partial charge >= 0.3 is 6.18 Å². The van der Waals surface area contributed by atoms with Crippen LogP contribution in [0.4, 0.5) is 13.2 Å². The molecule has 0 bridgehead atoms. The first-order chi connectivity index (χ1) is 13.4. The van der Waals surface area contributed by atoms with E-state index in [1.54, 1.807) is 28.4 Å². The highest BCUT2D eigenvalue weighted by atomic mass is 32.1. The molecular formula is C21H16F3NO2S. The lowest BCUT2D eigenvalue weighted by atomic mass is 9.92. The number of rotatable bonds is 3. The highest BCUT2D eigenvalue weighted by Crippen LogP contribution is 2.39. The number of hydrogen-bond donors (Lipinski definition) is 0. The maximum atomic E-state index is 12.9. The molecule has 3 aromatic rings. The third-order valence-corrected chi connectivity index (χ3v) is 5.76. The lowest BCUT2D eigenvalue weighted by Crippen LogP contribution is -2.39. The fraction of sp³-hybridized carbons (Fsp3) is 0.190. The van der Waals surface area contributed by atoms with Crippen molar-refractivity contribution in [1.29, 1.82) is 0 Å². The molecule has 144 valence electrons. The maximum Gasteiger partial charge on any atom is 0.416 e. The van der Waals surface area contributed by atoms with Gasteiger partial charge in [-0.25, -0.2) is 0 Å². The van der Waals surface area contributed by atoms with E-state index >= 15 is 0 Å². The van der Waals surface area contributed by atoms with E-state index in [2.05, 4.69) is 0 Å². The van der Waals surface area contributed by atoms with Crippen molar-refractivity contribution in [3.8, 4) is 0 Å². The van der Waals surface area contributed by atoms with Crippen molar-refractivity contribution >= 4 is 23.3 Å². The summed E-state index contributed by atoms with van der Waals surface area (Å²) in [7, 11) is 0. The van der Waals surface area contributed by atoms with E-state index in [-0.39, 0.29) is 5.91 Å². The number of amides is 1. The number of hydrogen-bond acceptors (Lipinski definition) is 3. The summed E-state index contributed by atoms with van der Waals surface area (Å²) in [4.78, 5) is 15.7. The number of halogens is 3. The Morgan fingerprint density at radius 3 is 2.64 bits per heavy atom. The largest absolute Gasteiger partial charge is 0.472 e. The number of carbonyl (C=O) groups excluding carboxylic acids is 1. The van der Waals surface area contributed by atoms with Gasteiger partial charge in [-0.2, -0.15) is 13.2 Å². The van der Waals surface area contributed by atoms with Crippen molar-refractivity contribution < 1.29 is 22.4 Å². The molecule has 0 fully saturated rings. The number of thiophene rings is 1. The lowest BCUT2D eigenvalue weighted by Gasteiger charge is -2.35. The van der Waals surface area contributed by atoms with Gasteiger partial charge in [-0.05, 0) is 53.3 Å². The molecule has 0 N–H and O–H groups in total. The molecule has 1 amide bonds. The Morgan fingerprint density at radius 1 is 1.18 bits per heavy atom. The van der Waals surface area contributed by atoms with Crippen LogP contribution in [-0.4, -0.2) is 17.4 Å². The summed E-state index contributed by atoms with van der Waals surface area (Å²) in [6.45, 7) is 0.508. The molecule has 3 nitrogen and oxygen atoms in total. The molecule has 0 spiro atoms. The molecule has 1 unspecified atom stereocenters. The van der Waals surface area contributed by atoms with Gasteiger partial charge in [0.25, 0.3) is 0 Å². The van der Waals surface area contributed by atoms with Gasteiger partial charge in [0.05, 0.1) is 24.1 Å². The highest BCUT2D eigenvalue weighted by Gasteiger charge is 2.34. The average molecular weight is 403 g/mol. The minimum Gasteiger partial charge on any atom is -0.472 e. The zero-order valence-electron chi connectivity index (χ0n) is 14.6. The Hall–Kier alpha value is -2.80. The second-order valence-corrected chi connectivity index (χ2v) is 7.49. The van der Waals surface area contributed by atoms with Crippen LogP contribution in [0.5, 0.6) is 0 Å². The Morgan fingerprint density at radius 2 is 1.96 bits per heavy atom. The van der Waals surface area contributed by atoms with E-state index < -0.39 is 17.8 Å². The van der Waals surface area contributed by atoms with Crippen LogP contribution < -0.4 is 0 Å². The second-order valence-electron chi connectivity index (χ2n) is 6.49. The van der Waals surface area contributed by atoms with E-state index in [0.717, 1.165) is 34.6 Å². The minimum absolute atomic E-state index is 0.192. The number of furan rings is 1. The number of fused-ring (bicyclic) bond motifs is 1. The summed E-state index contributed by atoms with van der Waals surface area (Å²) in [6.07, 6.45) is 2.53. The van der Waals surface area contributed by atoms with E-state index in [4.69, 9.17) is 4.42 Å². The number of alkyl halides is 3. The van der Waals surface area contributed by atoms with E-state index in [1.807, 2.05) is 11.4 Å². The van der Waals surface area contributed by atoms with Crippen LogP contribution in [0.1, 0.15) is 33.2 Å². The molecule has 7 heteroatoms. The summed E-state index contributed by atoms with van der Waals surface area (Å²) < 4.78 is 43.7. The summed E-state index contributed by atoms with van der Waals surface area (Å²) in [5.74, 6) is -0.192. The van der Waals surface area contributed by atoms with Crippen LogP contribution in [0.15, 0.2) is 64.8 Å². The van der Waals surface area contributed by atoms with Crippen LogP contribution in [0.25, 0.3) is 6.08 Å². The fourth-order valence-corrected chi connectivity index (χ4v) is 4.30. The average Bonchev–Trinajstić information content (AvgIpc) is 3.36. The van der Waals surface area contributed by atoms with E-state index in [0.29, 0.717) is 12.1 Å². The molecule has 4 rings (SSSR count). The van der Waals surface area contributed by atoms with Crippen molar-refractivity contribution in [2.45, 2.75) is 18.6 Å². The van der Waals surface area contributed by atoms with Crippen molar-refractivity contribution in [3.05, 3.63) is 87.5 Å². The fourth-order valence-electron chi connectivity index (χ4n) is 3.40. The van der Waals surface area contributed by atoms with Gasteiger partial charge in [-0.3, -0.25) is 4.79 Å². The molecule has 0 saturated carbocycles. The monoisotopic (exact) mass is 403 g/mol. The molecule has 1 aliphatic heterocycles. The zero-order valence-corrected chi connectivity index (χ0v) is 15.5. The van der Waals surface area contributed by atoms with Crippen LogP contribution in [0.2, 0.25) is 0 Å². The molecule has 1 aliphatic rings. The predicted octanol–water partition coefficient (Wildman–Crippen LogP) is 5.55. The third-order valence-electron chi connectivity index (χ3n) is 4.76.